The number of hydrogen-bond acceptors (Lipinski definition) is 2. The Hall–Kier alpha value is -0.830. The molecule has 1 amide bonds. The van der Waals surface area contributed by atoms with Crippen LogP contribution in [0.3, 0.4) is 0 Å². The van der Waals surface area contributed by atoms with Gasteiger partial charge in [-0.05, 0) is 40.5 Å². The average molecular weight is 212 g/mol. The molecule has 0 aromatic carbocycles. The first-order valence-electron chi connectivity index (χ1n) is 5.69. The van der Waals surface area contributed by atoms with Crippen LogP contribution >= 0.6 is 0 Å². The predicted octanol–water partition coefficient (Wildman–Crippen LogP) is 1.85. The molecule has 3 heteroatoms. The van der Waals surface area contributed by atoms with Crippen LogP contribution in [0.4, 0.5) is 0 Å². The molecule has 15 heavy (non-hydrogen) atoms. The summed E-state index contributed by atoms with van der Waals surface area (Å²) in [6.07, 6.45) is 4.38. The summed E-state index contributed by atoms with van der Waals surface area (Å²) in [5.41, 5.74) is 1.35. The van der Waals surface area contributed by atoms with Crippen LogP contribution in [0.1, 0.15) is 40.5 Å². The van der Waals surface area contributed by atoms with Gasteiger partial charge < -0.3 is 10.6 Å². The van der Waals surface area contributed by atoms with E-state index in [1.165, 1.54) is 5.57 Å². The lowest BCUT2D eigenvalue weighted by molar-refractivity contribution is -0.120. The van der Waals surface area contributed by atoms with E-state index in [0.29, 0.717) is 19.1 Å². The van der Waals surface area contributed by atoms with Crippen LogP contribution in [0.5, 0.6) is 0 Å². The molecular formula is C12H24N2O. The summed E-state index contributed by atoms with van der Waals surface area (Å²) in [7, 11) is 0. The highest BCUT2D eigenvalue weighted by Gasteiger charge is 2.03. The largest absolute Gasteiger partial charge is 0.355 e. The predicted molar refractivity (Wildman–Crippen MR) is 64.8 cm³/mol. The summed E-state index contributed by atoms with van der Waals surface area (Å²) in [6, 6.07) is 0.392. The smallest absolute Gasteiger partial charge is 0.233 e. The zero-order valence-electron chi connectivity index (χ0n) is 10.4. The first-order valence-corrected chi connectivity index (χ1v) is 5.69. The van der Waals surface area contributed by atoms with Gasteiger partial charge in [0.25, 0.3) is 0 Å². The van der Waals surface area contributed by atoms with Gasteiger partial charge >= 0.3 is 0 Å². The fourth-order valence-corrected chi connectivity index (χ4v) is 1.25. The minimum Gasteiger partial charge on any atom is -0.355 e. The van der Waals surface area contributed by atoms with Crippen molar-refractivity contribution in [2.45, 2.75) is 46.6 Å². The highest BCUT2D eigenvalue weighted by atomic mass is 16.1. The van der Waals surface area contributed by atoms with Gasteiger partial charge in [-0.15, -0.1) is 0 Å². The van der Waals surface area contributed by atoms with E-state index in [2.05, 4.69) is 37.5 Å². The molecule has 0 aliphatic rings. The number of carbonyl (C=O) groups excluding carboxylic acids is 1. The molecule has 0 radical (unpaired) electrons. The van der Waals surface area contributed by atoms with Crippen LogP contribution in [0.25, 0.3) is 0 Å². The second-order valence-corrected chi connectivity index (χ2v) is 4.09. The van der Waals surface area contributed by atoms with Crippen LogP contribution in [0.15, 0.2) is 11.6 Å². The zero-order chi connectivity index (χ0) is 11.7. The molecule has 0 rings (SSSR count). The highest BCUT2D eigenvalue weighted by Crippen LogP contribution is 2.00. The molecule has 0 saturated heterocycles. The molecule has 0 aliphatic heterocycles. The second kappa shape index (κ2) is 8.48. The average Bonchev–Trinajstić information content (AvgIpc) is 2.14. The lowest BCUT2D eigenvalue weighted by Crippen LogP contribution is -2.37. The van der Waals surface area contributed by atoms with Crippen molar-refractivity contribution in [1.29, 1.82) is 0 Å². The Morgan fingerprint density at radius 2 is 2.07 bits per heavy atom. The van der Waals surface area contributed by atoms with Crippen molar-refractivity contribution < 1.29 is 4.79 Å². The molecule has 0 saturated carbocycles. The standard InChI is InChI=1S/C12H24N2O/c1-5-13-12(15)9-14-11(4)8-6-7-10(2)3/h7,11,14H,5-6,8-9H2,1-4H3,(H,13,15). The molecule has 0 spiro atoms. The molecule has 1 atom stereocenters. The zero-order valence-corrected chi connectivity index (χ0v) is 10.4. The van der Waals surface area contributed by atoms with Crippen LogP contribution in [0, 0.1) is 0 Å². The monoisotopic (exact) mass is 212 g/mol. The first kappa shape index (κ1) is 14.2. The second-order valence-electron chi connectivity index (χ2n) is 4.09. The third-order valence-corrected chi connectivity index (χ3v) is 2.14. The SMILES string of the molecule is CCNC(=O)CNC(C)CCC=C(C)C. The lowest BCUT2D eigenvalue weighted by Gasteiger charge is -2.12. The number of amides is 1. The molecule has 2 N–H and O–H groups in total. The van der Waals surface area contributed by atoms with Gasteiger partial charge in [0.2, 0.25) is 5.91 Å². The summed E-state index contributed by atoms with van der Waals surface area (Å²) in [6.45, 7) is 9.37. The molecule has 3 nitrogen and oxygen atoms in total. The van der Waals surface area contributed by atoms with Crippen LogP contribution in [-0.2, 0) is 4.79 Å². The van der Waals surface area contributed by atoms with Gasteiger partial charge in [-0.25, -0.2) is 0 Å². The van der Waals surface area contributed by atoms with Gasteiger partial charge in [0, 0.05) is 12.6 Å². The van der Waals surface area contributed by atoms with Gasteiger partial charge in [0.05, 0.1) is 6.54 Å². The molecular weight excluding hydrogens is 188 g/mol. The Balaban J connectivity index is 3.53. The number of allylic oxidation sites excluding steroid dienone is 2. The topological polar surface area (TPSA) is 41.1 Å². The Kier molecular flexibility index (Phi) is 8.01. The number of hydrogen-bond donors (Lipinski definition) is 2. The van der Waals surface area contributed by atoms with Crippen molar-refractivity contribution >= 4 is 5.91 Å². The Morgan fingerprint density at radius 1 is 1.40 bits per heavy atom. The van der Waals surface area contributed by atoms with Gasteiger partial charge in [0.15, 0.2) is 0 Å². The van der Waals surface area contributed by atoms with Crippen molar-refractivity contribution in [1.82, 2.24) is 10.6 Å². The maximum Gasteiger partial charge on any atom is 0.233 e. The third-order valence-electron chi connectivity index (χ3n) is 2.14. The van der Waals surface area contributed by atoms with Crippen molar-refractivity contribution in [3.8, 4) is 0 Å². The molecule has 0 aliphatic carbocycles. The molecule has 88 valence electrons. The minimum absolute atomic E-state index is 0.0755. The van der Waals surface area contributed by atoms with Gasteiger partial charge in [-0.3, -0.25) is 4.79 Å². The fraction of sp³-hybridized carbons (Fsp3) is 0.750. The molecule has 1 unspecified atom stereocenters. The van der Waals surface area contributed by atoms with E-state index in [9.17, 15) is 4.79 Å². The van der Waals surface area contributed by atoms with Gasteiger partial charge in [0.1, 0.15) is 0 Å². The van der Waals surface area contributed by atoms with Crippen LogP contribution in [0.2, 0.25) is 0 Å². The third kappa shape index (κ3) is 9.47. The van der Waals surface area contributed by atoms with Crippen LogP contribution in [-0.4, -0.2) is 25.0 Å². The summed E-state index contributed by atoms with van der Waals surface area (Å²) < 4.78 is 0. The van der Waals surface area contributed by atoms with E-state index in [0.717, 1.165) is 12.8 Å². The maximum absolute atomic E-state index is 11.1. The number of likely N-dealkylation sites (N-methyl/N-ethyl adjacent to an activating group) is 1. The van der Waals surface area contributed by atoms with E-state index in [4.69, 9.17) is 0 Å². The van der Waals surface area contributed by atoms with Crippen LogP contribution < -0.4 is 10.6 Å². The number of nitrogens with one attached hydrogen (secondary N) is 2. The number of rotatable bonds is 7. The number of carbonyl (C=O) groups is 1. The van der Waals surface area contributed by atoms with E-state index < -0.39 is 0 Å². The molecule has 0 fully saturated rings. The molecule has 0 aromatic rings. The highest BCUT2D eigenvalue weighted by molar-refractivity contribution is 5.77. The Morgan fingerprint density at radius 3 is 2.60 bits per heavy atom. The van der Waals surface area contributed by atoms with Crippen molar-refractivity contribution in [2.24, 2.45) is 0 Å². The van der Waals surface area contributed by atoms with E-state index in [-0.39, 0.29) is 5.91 Å². The van der Waals surface area contributed by atoms with E-state index in [1.807, 2.05) is 6.92 Å². The normalized spacial score (nSPS) is 12.0. The minimum atomic E-state index is 0.0755. The molecule has 0 bridgehead atoms. The first-order chi connectivity index (χ1) is 7.06. The maximum atomic E-state index is 11.1. The van der Waals surface area contributed by atoms with Gasteiger partial charge in [-0.2, -0.15) is 0 Å². The van der Waals surface area contributed by atoms with Crippen molar-refractivity contribution in [3.63, 3.8) is 0 Å². The van der Waals surface area contributed by atoms with Crippen molar-refractivity contribution in [2.75, 3.05) is 13.1 Å². The summed E-state index contributed by atoms with van der Waals surface area (Å²) in [5, 5.41) is 5.96. The lowest BCUT2D eigenvalue weighted by atomic mass is 10.1. The fourth-order valence-electron chi connectivity index (χ4n) is 1.25. The van der Waals surface area contributed by atoms with E-state index >= 15 is 0 Å². The Labute approximate surface area is 93.3 Å². The summed E-state index contributed by atoms with van der Waals surface area (Å²) >= 11 is 0. The Bertz CT molecular complexity index is 208. The van der Waals surface area contributed by atoms with Crippen molar-refractivity contribution in [3.05, 3.63) is 11.6 Å². The molecule has 0 heterocycles. The summed E-state index contributed by atoms with van der Waals surface area (Å²) in [5.74, 6) is 0.0755. The quantitative estimate of drug-likeness (QED) is 0.632. The molecule has 0 aromatic heterocycles. The van der Waals surface area contributed by atoms with Gasteiger partial charge in [-0.1, -0.05) is 11.6 Å². The van der Waals surface area contributed by atoms with E-state index in [1.54, 1.807) is 0 Å². The summed E-state index contributed by atoms with van der Waals surface area (Å²) in [4.78, 5) is 11.1.